The lowest BCUT2D eigenvalue weighted by Gasteiger charge is -2.37. The maximum atomic E-state index is 12.0. The van der Waals surface area contributed by atoms with Crippen molar-refractivity contribution in [2.45, 2.75) is 18.5 Å². The molecule has 0 saturated heterocycles. The minimum atomic E-state index is -3.17. The Hall–Kier alpha value is -0.250. The first-order valence-electron chi connectivity index (χ1n) is 2.70. The van der Waals surface area contributed by atoms with Crippen LogP contribution in [-0.4, -0.2) is 23.8 Å². The van der Waals surface area contributed by atoms with Gasteiger partial charge in [0, 0.05) is 18.9 Å². The number of rotatable bonds is 1. The van der Waals surface area contributed by atoms with E-state index in [1.54, 1.807) is 0 Å². The number of aliphatic hydroxyl groups is 1. The van der Waals surface area contributed by atoms with E-state index < -0.39 is 31.0 Å². The highest BCUT2D eigenvalue weighted by atomic mass is 19.3. The molecule has 9 heavy (non-hydrogen) atoms. The summed E-state index contributed by atoms with van der Waals surface area (Å²) in [6.07, 6.45) is -2.63. The molecule has 0 aromatic rings. The highest BCUT2D eigenvalue weighted by molar-refractivity contribution is 4.95. The largest absolute Gasteiger partial charge is 0.396 e. The first-order valence-corrected chi connectivity index (χ1v) is 2.70. The lowest BCUT2D eigenvalue weighted by molar-refractivity contribution is -0.190. The fourth-order valence-corrected chi connectivity index (χ4v) is 0.907. The Balaban J connectivity index is 2.41. The molecule has 0 heterocycles. The second-order valence-corrected chi connectivity index (χ2v) is 2.31. The Labute approximate surface area is 50.5 Å². The predicted molar refractivity (Wildman–Crippen MR) is 25.0 cm³/mol. The number of aliphatic hydroxyl groups excluding tert-OH is 1. The van der Waals surface area contributed by atoms with Gasteiger partial charge in [-0.3, -0.25) is 0 Å². The number of hydrogen-bond donors (Lipinski definition) is 1. The van der Waals surface area contributed by atoms with Crippen LogP contribution in [0.15, 0.2) is 0 Å². The summed E-state index contributed by atoms with van der Waals surface area (Å²) >= 11 is 0. The Bertz CT molecular complexity index is 115. The molecular formula is C5H7F3O. The van der Waals surface area contributed by atoms with E-state index in [4.69, 9.17) is 5.11 Å². The van der Waals surface area contributed by atoms with E-state index in [0.717, 1.165) is 0 Å². The van der Waals surface area contributed by atoms with E-state index in [1.807, 2.05) is 0 Å². The van der Waals surface area contributed by atoms with E-state index in [1.165, 1.54) is 0 Å². The molecule has 0 aliphatic heterocycles. The summed E-state index contributed by atoms with van der Waals surface area (Å²) in [7, 11) is 0. The lowest BCUT2D eigenvalue weighted by atomic mass is 9.80. The SMILES string of the molecule is OCC1CC(F)(F)C1F. The molecular weight excluding hydrogens is 133 g/mol. The van der Waals surface area contributed by atoms with Crippen LogP contribution in [0.1, 0.15) is 6.42 Å². The molecule has 0 radical (unpaired) electrons. The summed E-state index contributed by atoms with van der Waals surface area (Å²) in [5.74, 6) is -4.01. The van der Waals surface area contributed by atoms with E-state index >= 15 is 0 Å². The van der Waals surface area contributed by atoms with Crippen LogP contribution in [0.5, 0.6) is 0 Å². The summed E-state index contributed by atoms with van der Waals surface area (Å²) < 4.78 is 35.8. The van der Waals surface area contributed by atoms with Gasteiger partial charge in [0.2, 0.25) is 0 Å². The van der Waals surface area contributed by atoms with Crippen LogP contribution in [0, 0.1) is 5.92 Å². The molecule has 1 aliphatic rings. The van der Waals surface area contributed by atoms with E-state index in [-0.39, 0.29) is 0 Å². The zero-order valence-electron chi connectivity index (χ0n) is 4.65. The molecule has 1 fully saturated rings. The second-order valence-electron chi connectivity index (χ2n) is 2.31. The first-order chi connectivity index (χ1) is 4.08. The molecule has 1 N–H and O–H groups in total. The van der Waals surface area contributed by atoms with Gasteiger partial charge in [0.15, 0.2) is 6.17 Å². The maximum absolute atomic E-state index is 12.0. The van der Waals surface area contributed by atoms with E-state index in [2.05, 4.69) is 0 Å². The van der Waals surface area contributed by atoms with Crippen LogP contribution in [0.25, 0.3) is 0 Å². The van der Waals surface area contributed by atoms with E-state index in [0.29, 0.717) is 0 Å². The monoisotopic (exact) mass is 140 g/mol. The Morgan fingerprint density at radius 1 is 1.56 bits per heavy atom. The third-order valence-electron chi connectivity index (χ3n) is 1.59. The van der Waals surface area contributed by atoms with Crippen LogP contribution in [0.4, 0.5) is 13.2 Å². The summed E-state index contributed by atoms with van der Waals surface area (Å²) in [5, 5.41) is 8.22. The van der Waals surface area contributed by atoms with Crippen molar-refractivity contribution in [1.82, 2.24) is 0 Å². The van der Waals surface area contributed by atoms with Gasteiger partial charge in [-0.1, -0.05) is 0 Å². The molecule has 0 spiro atoms. The summed E-state index contributed by atoms with van der Waals surface area (Å²) in [6.45, 7) is -0.475. The third kappa shape index (κ3) is 0.913. The average molecular weight is 140 g/mol. The molecule has 54 valence electrons. The molecule has 4 heteroatoms. The molecule has 0 aromatic carbocycles. The number of halogens is 3. The Morgan fingerprint density at radius 2 is 2.11 bits per heavy atom. The van der Waals surface area contributed by atoms with Crippen molar-refractivity contribution >= 4 is 0 Å². The highest BCUT2D eigenvalue weighted by Gasteiger charge is 2.56. The summed E-state index contributed by atoms with van der Waals surface area (Å²) in [5.41, 5.74) is 0. The minimum Gasteiger partial charge on any atom is -0.396 e. The van der Waals surface area contributed by atoms with Crippen LogP contribution in [-0.2, 0) is 0 Å². The molecule has 1 saturated carbocycles. The van der Waals surface area contributed by atoms with Gasteiger partial charge < -0.3 is 5.11 Å². The lowest BCUT2D eigenvalue weighted by Crippen LogP contribution is -2.50. The van der Waals surface area contributed by atoms with Gasteiger partial charge in [0.05, 0.1) is 0 Å². The predicted octanol–water partition coefficient (Wildman–Crippen LogP) is 0.972. The van der Waals surface area contributed by atoms with Crippen LogP contribution < -0.4 is 0 Å². The van der Waals surface area contributed by atoms with Crippen molar-refractivity contribution in [3.63, 3.8) is 0 Å². The van der Waals surface area contributed by atoms with Crippen molar-refractivity contribution in [2.24, 2.45) is 5.92 Å². The Morgan fingerprint density at radius 3 is 2.22 bits per heavy atom. The van der Waals surface area contributed by atoms with Crippen molar-refractivity contribution in [3.05, 3.63) is 0 Å². The van der Waals surface area contributed by atoms with Crippen molar-refractivity contribution in [1.29, 1.82) is 0 Å². The van der Waals surface area contributed by atoms with Crippen LogP contribution in [0.3, 0.4) is 0 Å². The molecule has 1 rings (SSSR count). The molecule has 2 unspecified atom stereocenters. The fraction of sp³-hybridized carbons (Fsp3) is 1.00. The quantitative estimate of drug-likeness (QED) is 0.575. The van der Waals surface area contributed by atoms with Crippen LogP contribution in [0.2, 0.25) is 0 Å². The van der Waals surface area contributed by atoms with E-state index in [9.17, 15) is 13.2 Å². The third-order valence-corrected chi connectivity index (χ3v) is 1.59. The van der Waals surface area contributed by atoms with Crippen LogP contribution >= 0.6 is 0 Å². The summed E-state index contributed by atoms with van der Waals surface area (Å²) in [6, 6.07) is 0. The molecule has 2 atom stereocenters. The normalized spacial score (nSPS) is 40.0. The van der Waals surface area contributed by atoms with Crippen molar-refractivity contribution in [2.75, 3.05) is 6.61 Å². The smallest absolute Gasteiger partial charge is 0.279 e. The van der Waals surface area contributed by atoms with Gasteiger partial charge in [-0.25, -0.2) is 13.2 Å². The highest BCUT2D eigenvalue weighted by Crippen LogP contribution is 2.44. The fourth-order valence-electron chi connectivity index (χ4n) is 0.907. The summed E-state index contributed by atoms with van der Waals surface area (Å²) in [4.78, 5) is 0. The van der Waals surface area contributed by atoms with Gasteiger partial charge in [0.1, 0.15) is 0 Å². The zero-order valence-corrected chi connectivity index (χ0v) is 4.65. The average Bonchev–Trinajstić information content (AvgIpc) is 1.82. The number of alkyl halides is 3. The number of hydrogen-bond acceptors (Lipinski definition) is 1. The second kappa shape index (κ2) is 1.87. The molecule has 0 bridgehead atoms. The topological polar surface area (TPSA) is 20.2 Å². The van der Waals surface area contributed by atoms with Crippen molar-refractivity contribution in [3.8, 4) is 0 Å². The van der Waals surface area contributed by atoms with Gasteiger partial charge >= 0.3 is 0 Å². The molecule has 1 nitrogen and oxygen atoms in total. The Kier molecular flexibility index (Phi) is 1.42. The first kappa shape index (κ1) is 6.86. The molecule has 0 amide bonds. The molecule has 1 aliphatic carbocycles. The molecule has 0 aromatic heterocycles. The maximum Gasteiger partial charge on any atom is 0.279 e. The van der Waals surface area contributed by atoms with Gasteiger partial charge in [-0.15, -0.1) is 0 Å². The zero-order chi connectivity index (χ0) is 7.07. The van der Waals surface area contributed by atoms with Gasteiger partial charge in [-0.2, -0.15) is 0 Å². The van der Waals surface area contributed by atoms with Crippen molar-refractivity contribution < 1.29 is 18.3 Å². The standard InChI is InChI=1S/C5H7F3O/c6-4-3(2-9)1-5(4,7)8/h3-4,9H,1-2H2. The minimum absolute atomic E-state index is 0.475. The van der Waals surface area contributed by atoms with Gasteiger partial charge in [-0.05, 0) is 0 Å². The van der Waals surface area contributed by atoms with Gasteiger partial charge in [0.25, 0.3) is 5.92 Å².